The molecule has 0 aromatic heterocycles. The van der Waals surface area contributed by atoms with Crippen LogP contribution in [0.3, 0.4) is 0 Å². The zero-order chi connectivity index (χ0) is 4.50. The molecule has 0 saturated carbocycles. The van der Waals surface area contributed by atoms with E-state index in [1.165, 1.54) is 0 Å². The molecule has 0 aliphatic rings. The number of hydrogen-bond acceptors (Lipinski definition) is 1. The molecule has 0 aromatic rings. The Bertz CT molecular complexity index is 69.5. The molecule has 0 amide bonds. The first-order valence-corrected chi connectivity index (χ1v) is 2.35. The fraction of sp³-hybridized carbons (Fsp3) is 0. The van der Waals surface area contributed by atoms with E-state index in [4.69, 9.17) is 19.2 Å². The molecule has 0 aromatic carbocycles. The van der Waals surface area contributed by atoms with Crippen LogP contribution in [0.5, 0.6) is 0 Å². The molecule has 0 atom stereocenters. The Labute approximate surface area is 132 Å². The second-order valence-electron chi connectivity index (χ2n) is 0.513. The monoisotopic (exact) mass is 461 g/mol. The van der Waals surface area contributed by atoms with E-state index < -0.39 is 7.82 Å². The molecular weight excluding hydrogens is 459 g/mol. The van der Waals surface area contributed by atoms with Crippen LogP contribution in [0.2, 0.25) is 0 Å². The summed E-state index contributed by atoms with van der Waals surface area (Å²) in [5, 5.41) is 0. The van der Waals surface area contributed by atoms with Crippen LogP contribution in [0, 0.1) is 0 Å². The van der Waals surface area contributed by atoms with Crippen molar-refractivity contribution in [3.8, 4) is 0 Å². The standard InChI is InChI=1S/3Ag.Ca.H3O4P.2H/c;;;;1-5(2,3)4;;/h;;;;(H3,1,2,3,4);;/q;;;+2;;2*-1. The van der Waals surface area contributed by atoms with Gasteiger partial charge in [0, 0.05) is 67.1 Å². The number of phosphoric acid groups is 1. The summed E-state index contributed by atoms with van der Waals surface area (Å²) >= 11 is 0. The van der Waals surface area contributed by atoms with E-state index in [9.17, 15) is 0 Å². The van der Waals surface area contributed by atoms with Crippen molar-refractivity contribution >= 4 is 45.6 Å². The Morgan fingerprint density at radius 3 is 1.00 bits per heavy atom. The normalized spacial score (nSPS) is 6.56. The van der Waals surface area contributed by atoms with Crippen LogP contribution in [0.1, 0.15) is 2.85 Å². The van der Waals surface area contributed by atoms with Gasteiger partial charge >= 0.3 is 45.6 Å². The van der Waals surface area contributed by atoms with E-state index in [2.05, 4.69) is 0 Å². The van der Waals surface area contributed by atoms with E-state index in [0.717, 1.165) is 0 Å². The summed E-state index contributed by atoms with van der Waals surface area (Å²) in [5.41, 5.74) is 0. The smallest absolute Gasteiger partial charge is 1.00 e. The van der Waals surface area contributed by atoms with Crippen molar-refractivity contribution in [3.63, 3.8) is 0 Å². The Kier molecular flexibility index (Phi) is 46.1. The average Bonchev–Trinajstić information content (AvgIpc) is 0.722. The minimum absolute atomic E-state index is 0. The van der Waals surface area contributed by atoms with E-state index in [0.29, 0.717) is 0 Å². The second-order valence-corrected chi connectivity index (χ2v) is 1.54. The molecule has 3 N–H and O–H groups in total. The third-order valence-corrected chi connectivity index (χ3v) is 0. The first kappa shape index (κ1) is 29.4. The van der Waals surface area contributed by atoms with Gasteiger partial charge in [-0.3, -0.25) is 0 Å². The van der Waals surface area contributed by atoms with Crippen LogP contribution in [0.25, 0.3) is 0 Å². The average molecular weight is 464 g/mol. The van der Waals surface area contributed by atoms with Gasteiger partial charge in [-0.05, 0) is 0 Å². The maximum Gasteiger partial charge on any atom is 2.00 e. The predicted molar refractivity (Wildman–Crippen MR) is 22.2 cm³/mol. The summed E-state index contributed by atoms with van der Waals surface area (Å²) in [6, 6.07) is 0. The van der Waals surface area contributed by atoms with Gasteiger partial charge in [0.05, 0.1) is 0 Å². The van der Waals surface area contributed by atoms with E-state index in [1.54, 1.807) is 0 Å². The summed E-state index contributed by atoms with van der Waals surface area (Å²) in [6.45, 7) is 0. The van der Waals surface area contributed by atoms with Crippen LogP contribution in [0.15, 0.2) is 0 Å². The fourth-order valence-electron chi connectivity index (χ4n) is 0. The summed E-state index contributed by atoms with van der Waals surface area (Å²) in [4.78, 5) is 21.6. The minimum Gasteiger partial charge on any atom is -1.00 e. The zero-order valence-corrected chi connectivity index (χ0v) is 11.4. The molecule has 0 heterocycles. The molecular formula is H5Ag3CaO4P. The molecule has 9 heavy (non-hydrogen) atoms. The van der Waals surface area contributed by atoms with E-state index in [1.807, 2.05) is 0 Å². The van der Waals surface area contributed by atoms with Crippen LogP contribution < -0.4 is 0 Å². The molecule has 0 unspecified atom stereocenters. The molecule has 0 saturated heterocycles. The Morgan fingerprint density at radius 2 is 1.00 bits per heavy atom. The molecule has 69 valence electrons. The van der Waals surface area contributed by atoms with Gasteiger partial charge in [0.1, 0.15) is 0 Å². The Balaban J connectivity index is -0.00000000533. The van der Waals surface area contributed by atoms with Crippen molar-refractivity contribution in [2.75, 3.05) is 0 Å². The fourth-order valence-corrected chi connectivity index (χ4v) is 0. The Hall–Kier alpha value is 3.59. The van der Waals surface area contributed by atoms with Crippen molar-refractivity contribution in [2.45, 2.75) is 0 Å². The first-order chi connectivity index (χ1) is 2.00. The van der Waals surface area contributed by atoms with Crippen LogP contribution in [-0.2, 0) is 71.7 Å². The van der Waals surface area contributed by atoms with Gasteiger partial charge in [-0.2, -0.15) is 0 Å². The third kappa shape index (κ3) is 82.7. The molecule has 0 aliphatic carbocycles. The van der Waals surface area contributed by atoms with Crippen molar-refractivity contribution in [1.29, 1.82) is 0 Å². The van der Waals surface area contributed by atoms with Crippen LogP contribution >= 0.6 is 7.82 Å². The summed E-state index contributed by atoms with van der Waals surface area (Å²) in [5.74, 6) is 0. The molecule has 4 nitrogen and oxygen atoms in total. The van der Waals surface area contributed by atoms with Crippen LogP contribution in [0.4, 0.5) is 0 Å². The van der Waals surface area contributed by atoms with E-state index in [-0.39, 0.29) is 108 Å². The van der Waals surface area contributed by atoms with Gasteiger partial charge < -0.3 is 17.5 Å². The molecule has 0 spiro atoms. The maximum atomic E-state index is 8.88. The second kappa shape index (κ2) is 14.1. The summed E-state index contributed by atoms with van der Waals surface area (Å²) in [6.07, 6.45) is 0. The predicted octanol–water partition coefficient (Wildman–Crippen LogP) is -1.09. The van der Waals surface area contributed by atoms with Crippen molar-refractivity contribution in [3.05, 3.63) is 0 Å². The van der Waals surface area contributed by atoms with Gasteiger partial charge in [0.2, 0.25) is 0 Å². The minimum atomic E-state index is -4.64. The van der Waals surface area contributed by atoms with Crippen molar-refractivity contribution in [2.24, 2.45) is 0 Å². The first-order valence-electron chi connectivity index (χ1n) is 0.783. The third-order valence-electron chi connectivity index (χ3n) is 0. The Morgan fingerprint density at radius 1 is 1.00 bits per heavy atom. The largest absolute Gasteiger partial charge is 2.00 e. The summed E-state index contributed by atoms with van der Waals surface area (Å²) in [7, 11) is -4.64. The van der Waals surface area contributed by atoms with Gasteiger partial charge in [-0.1, -0.05) is 0 Å². The molecule has 3 radical (unpaired) electrons. The zero-order valence-electron chi connectivity index (χ0n) is 5.81. The summed E-state index contributed by atoms with van der Waals surface area (Å²) < 4.78 is 8.88. The van der Waals surface area contributed by atoms with Crippen LogP contribution in [-0.4, -0.2) is 52.4 Å². The van der Waals surface area contributed by atoms with Gasteiger partial charge in [0.15, 0.2) is 0 Å². The topological polar surface area (TPSA) is 77.8 Å². The number of rotatable bonds is 0. The molecule has 0 bridgehead atoms. The van der Waals surface area contributed by atoms with Crippen molar-refractivity contribution < 1.29 is 89.2 Å². The van der Waals surface area contributed by atoms with Crippen molar-refractivity contribution in [1.82, 2.24) is 0 Å². The molecule has 0 rings (SSSR count). The SMILES string of the molecule is O=P(O)(O)O.[Ag].[Ag].[Ag].[Ca+2].[H-].[H-]. The van der Waals surface area contributed by atoms with Gasteiger partial charge in [-0.25, -0.2) is 4.57 Å². The van der Waals surface area contributed by atoms with Gasteiger partial charge in [-0.15, -0.1) is 0 Å². The maximum absolute atomic E-state index is 8.88. The molecule has 9 heteroatoms. The molecule has 0 fully saturated rings. The molecule has 0 aliphatic heterocycles. The number of hydrogen-bond donors (Lipinski definition) is 3. The van der Waals surface area contributed by atoms with Gasteiger partial charge in [0.25, 0.3) is 0 Å². The quantitative estimate of drug-likeness (QED) is 0.315. The van der Waals surface area contributed by atoms with E-state index >= 15 is 0 Å².